The molecule has 0 spiro atoms. The van der Waals surface area contributed by atoms with E-state index in [1.807, 2.05) is 26.0 Å². The average molecular weight is 292 g/mol. The lowest BCUT2D eigenvalue weighted by molar-refractivity contribution is 0.216. The van der Waals surface area contributed by atoms with Crippen LogP contribution in [0.3, 0.4) is 0 Å². The van der Waals surface area contributed by atoms with E-state index in [-0.39, 0.29) is 0 Å². The number of anilines is 1. The minimum absolute atomic E-state index is 0.453. The van der Waals surface area contributed by atoms with E-state index in [2.05, 4.69) is 6.07 Å². The summed E-state index contributed by atoms with van der Waals surface area (Å²) in [4.78, 5) is 0. The summed E-state index contributed by atoms with van der Waals surface area (Å²) in [7, 11) is 0. The van der Waals surface area contributed by atoms with Gasteiger partial charge in [0.15, 0.2) is 0 Å². The summed E-state index contributed by atoms with van der Waals surface area (Å²) in [5.74, 6) is 1.58. The number of benzene rings is 2. The Bertz CT molecular complexity index is 599. The van der Waals surface area contributed by atoms with Gasteiger partial charge in [-0.1, -0.05) is 23.7 Å². The first-order valence-electron chi connectivity index (χ1n) is 6.44. The number of rotatable bonds is 5. The molecule has 0 fully saturated rings. The molecule has 0 unspecified atom stereocenters. The molecule has 0 aliphatic carbocycles. The second kappa shape index (κ2) is 6.53. The number of aryl methyl sites for hydroxylation is 2. The molecule has 0 amide bonds. The molecule has 2 aromatic carbocycles. The number of halogens is 1. The predicted molar refractivity (Wildman–Crippen MR) is 82.8 cm³/mol. The third-order valence-electron chi connectivity index (χ3n) is 2.92. The maximum Gasteiger partial charge on any atom is 0.122 e. The lowest BCUT2D eigenvalue weighted by Crippen LogP contribution is -2.09. The van der Waals surface area contributed by atoms with Crippen molar-refractivity contribution in [3.63, 3.8) is 0 Å². The van der Waals surface area contributed by atoms with Crippen LogP contribution in [0.4, 0.5) is 5.69 Å². The fourth-order valence-electron chi connectivity index (χ4n) is 1.79. The Hall–Kier alpha value is -1.87. The summed E-state index contributed by atoms with van der Waals surface area (Å²) in [5, 5.41) is 0.531. The highest BCUT2D eigenvalue weighted by Gasteiger charge is 2.01. The smallest absolute Gasteiger partial charge is 0.122 e. The number of hydrogen-bond acceptors (Lipinski definition) is 3. The maximum absolute atomic E-state index is 5.85. The Morgan fingerprint density at radius 1 is 1.00 bits per heavy atom. The maximum atomic E-state index is 5.85. The fourth-order valence-corrected chi connectivity index (χ4v) is 1.90. The molecule has 2 rings (SSSR count). The van der Waals surface area contributed by atoms with E-state index in [1.165, 1.54) is 5.56 Å². The number of nitrogen functional groups attached to an aromatic ring is 1. The van der Waals surface area contributed by atoms with Gasteiger partial charge in [-0.05, 0) is 43.2 Å². The quantitative estimate of drug-likeness (QED) is 0.669. The highest BCUT2D eigenvalue weighted by molar-refractivity contribution is 6.33. The third kappa shape index (κ3) is 3.81. The summed E-state index contributed by atoms with van der Waals surface area (Å²) in [5.41, 5.74) is 8.52. The minimum Gasteiger partial charge on any atom is -0.490 e. The van der Waals surface area contributed by atoms with Gasteiger partial charge in [0, 0.05) is 6.07 Å². The first kappa shape index (κ1) is 14.5. The molecule has 20 heavy (non-hydrogen) atoms. The normalized spacial score (nSPS) is 10.3. The van der Waals surface area contributed by atoms with Gasteiger partial charge in [0.05, 0.1) is 10.7 Å². The van der Waals surface area contributed by atoms with Crippen molar-refractivity contribution in [3.05, 3.63) is 52.5 Å². The van der Waals surface area contributed by atoms with Crippen molar-refractivity contribution in [2.24, 2.45) is 0 Å². The highest BCUT2D eigenvalue weighted by atomic mass is 35.5. The molecular formula is C16H18ClNO2. The van der Waals surface area contributed by atoms with Crippen LogP contribution in [0.5, 0.6) is 11.5 Å². The lowest BCUT2D eigenvalue weighted by atomic mass is 10.1. The van der Waals surface area contributed by atoms with Crippen LogP contribution in [0.2, 0.25) is 5.02 Å². The van der Waals surface area contributed by atoms with Crippen molar-refractivity contribution in [1.29, 1.82) is 0 Å². The van der Waals surface area contributed by atoms with E-state index >= 15 is 0 Å². The van der Waals surface area contributed by atoms with Crippen molar-refractivity contribution in [1.82, 2.24) is 0 Å². The molecule has 0 heterocycles. The van der Waals surface area contributed by atoms with Crippen molar-refractivity contribution < 1.29 is 9.47 Å². The molecule has 2 N–H and O–H groups in total. The van der Waals surface area contributed by atoms with Gasteiger partial charge in [0.25, 0.3) is 0 Å². The van der Waals surface area contributed by atoms with Crippen LogP contribution in [-0.2, 0) is 0 Å². The fraction of sp³-hybridized carbons (Fsp3) is 0.250. The zero-order chi connectivity index (χ0) is 14.5. The second-order valence-corrected chi connectivity index (χ2v) is 5.06. The van der Waals surface area contributed by atoms with Gasteiger partial charge in [-0.2, -0.15) is 0 Å². The van der Waals surface area contributed by atoms with Crippen LogP contribution in [0, 0.1) is 13.8 Å². The van der Waals surface area contributed by atoms with Crippen LogP contribution in [0.1, 0.15) is 11.1 Å². The molecule has 0 atom stereocenters. The molecule has 0 aliphatic rings. The van der Waals surface area contributed by atoms with Gasteiger partial charge in [-0.15, -0.1) is 0 Å². The Balaban J connectivity index is 1.84. The van der Waals surface area contributed by atoms with Crippen LogP contribution < -0.4 is 15.2 Å². The molecule has 3 nitrogen and oxygen atoms in total. The van der Waals surface area contributed by atoms with Crippen molar-refractivity contribution in [3.8, 4) is 11.5 Å². The van der Waals surface area contributed by atoms with Crippen molar-refractivity contribution in [2.45, 2.75) is 13.8 Å². The summed E-state index contributed by atoms with van der Waals surface area (Å²) < 4.78 is 11.3. The van der Waals surface area contributed by atoms with Crippen LogP contribution in [0.25, 0.3) is 0 Å². The first-order valence-corrected chi connectivity index (χ1v) is 6.82. The second-order valence-electron chi connectivity index (χ2n) is 4.65. The highest BCUT2D eigenvalue weighted by Crippen LogP contribution is 2.24. The standard InChI is InChI=1S/C16H18ClNO2/c1-11-3-4-12(2)16(9-11)20-8-7-19-13-5-6-14(17)15(18)10-13/h3-6,9-10H,7-8,18H2,1-2H3. The van der Waals surface area contributed by atoms with Crippen molar-refractivity contribution >= 4 is 17.3 Å². The molecule has 0 saturated carbocycles. The van der Waals surface area contributed by atoms with Gasteiger partial charge in [0.1, 0.15) is 24.7 Å². The van der Waals surface area contributed by atoms with Crippen LogP contribution in [-0.4, -0.2) is 13.2 Å². The molecule has 0 radical (unpaired) electrons. The number of ether oxygens (including phenoxy) is 2. The third-order valence-corrected chi connectivity index (χ3v) is 3.26. The summed E-state index contributed by atoms with van der Waals surface area (Å²) in [6, 6.07) is 11.4. The Morgan fingerprint density at radius 3 is 2.50 bits per heavy atom. The van der Waals surface area contributed by atoms with Crippen molar-refractivity contribution in [2.75, 3.05) is 18.9 Å². The molecular weight excluding hydrogens is 274 g/mol. The Kier molecular flexibility index (Phi) is 4.74. The SMILES string of the molecule is Cc1ccc(C)c(OCCOc2ccc(Cl)c(N)c2)c1. The van der Waals surface area contributed by atoms with E-state index in [4.69, 9.17) is 26.8 Å². The van der Waals surface area contributed by atoms with E-state index in [0.717, 1.165) is 11.3 Å². The Morgan fingerprint density at radius 2 is 1.75 bits per heavy atom. The molecule has 0 bridgehead atoms. The van der Waals surface area contributed by atoms with Gasteiger partial charge in [-0.25, -0.2) is 0 Å². The first-order chi connectivity index (χ1) is 9.56. The van der Waals surface area contributed by atoms with Crippen LogP contribution >= 0.6 is 11.6 Å². The van der Waals surface area contributed by atoms with E-state index < -0.39 is 0 Å². The molecule has 4 heteroatoms. The molecule has 0 saturated heterocycles. The number of nitrogens with two attached hydrogens (primary N) is 1. The van der Waals surface area contributed by atoms with Gasteiger partial charge in [0.2, 0.25) is 0 Å². The van der Waals surface area contributed by atoms with E-state index in [1.54, 1.807) is 18.2 Å². The molecule has 2 aromatic rings. The van der Waals surface area contributed by atoms with Crippen LogP contribution in [0.15, 0.2) is 36.4 Å². The summed E-state index contributed by atoms with van der Waals surface area (Å²) >= 11 is 5.85. The minimum atomic E-state index is 0.453. The molecule has 0 aromatic heterocycles. The average Bonchev–Trinajstić information content (AvgIpc) is 2.42. The van der Waals surface area contributed by atoms with Gasteiger partial charge in [-0.3, -0.25) is 0 Å². The van der Waals surface area contributed by atoms with Gasteiger partial charge >= 0.3 is 0 Å². The van der Waals surface area contributed by atoms with E-state index in [9.17, 15) is 0 Å². The summed E-state index contributed by atoms with van der Waals surface area (Å²) in [6.45, 7) is 5.00. The molecule has 106 valence electrons. The lowest BCUT2D eigenvalue weighted by Gasteiger charge is -2.11. The predicted octanol–water partition coefficient (Wildman–Crippen LogP) is 4.00. The number of hydrogen-bond donors (Lipinski definition) is 1. The van der Waals surface area contributed by atoms with Gasteiger partial charge < -0.3 is 15.2 Å². The zero-order valence-electron chi connectivity index (χ0n) is 11.7. The topological polar surface area (TPSA) is 44.5 Å². The van der Waals surface area contributed by atoms with E-state index in [0.29, 0.717) is 29.7 Å². The molecule has 0 aliphatic heterocycles. The zero-order valence-corrected chi connectivity index (χ0v) is 12.4. The monoisotopic (exact) mass is 291 g/mol. The Labute approximate surface area is 124 Å². The largest absolute Gasteiger partial charge is 0.490 e. The summed E-state index contributed by atoms with van der Waals surface area (Å²) in [6.07, 6.45) is 0.